The molecule has 110 valence electrons. The largest absolute Gasteiger partial charge is 0.393 e. The van der Waals surface area contributed by atoms with Crippen molar-refractivity contribution in [3.05, 3.63) is 24.0 Å². The molecule has 20 heavy (non-hydrogen) atoms. The Bertz CT molecular complexity index is 591. The van der Waals surface area contributed by atoms with E-state index in [0.29, 0.717) is 18.5 Å². The van der Waals surface area contributed by atoms with Crippen LogP contribution < -0.4 is 5.73 Å². The molecule has 0 amide bonds. The molecule has 2 fully saturated rings. The number of hydrogen-bond acceptors (Lipinski definition) is 5. The van der Waals surface area contributed by atoms with Gasteiger partial charge in [0, 0.05) is 24.8 Å². The van der Waals surface area contributed by atoms with Crippen molar-refractivity contribution in [1.82, 2.24) is 9.29 Å². The van der Waals surface area contributed by atoms with Crippen LogP contribution in [0.15, 0.2) is 23.2 Å². The average Bonchev–Trinajstić information content (AvgIpc) is 2.72. The highest BCUT2D eigenvalue weighted by Gasteiger charge is 2.47. The predicted octanol–water partition coefficient (Wildman–Crippen LogP) is 0.217. The summed E-state index contributed by atoms with van der Waals surface area (Å²) in [6.45, 7) is 0.0984. The maximum atomic E-state index is 12.9. The summed E-state index contributed by atoms with van der Waals surface area (Å²) < 4.78 is 27.3. The first-order valence-corrected chi connectivity index (χ1v) is 8.33. The molecule has 6 nitrogen and oxygen atoms in total. The Kier molecular flexibility index (Phi) is 3.53. The number of pyridine rings is 1. The molecule has 0 radical (unpaired) electrons. The van der Waals surface area contributed by atoms with Crippen LogP contribution in [0.25, 0.3) is 0 Å². The molecule has 2 aliphatic heterocycles. The van der Waals surface area contributed by atoms with Crippen molar-refractivity contribution in [2.24, 2.45) is 5.73 Å². The minimum absolute atomic E-state index is 0.0976. The lowest BCUT2D eigenvalue weighted by Crippen LogP contribution is -2.48. The standard InChI is InChI=1S/C13H19N3O3S/c14-8-12-13(2-1-5-15-12)20(18,19)16-9-3-4-10(16)7-11(17)6-9/h1-2,5,9-11,17H,3-4,6-8,14H2. The Labute approximate surface area is 118 Å². The van der Waals surface area contributed by atoms with Gasteiger partial charge in [0.2, 0.25) is 10.0 Å². The van der Waals surface area contributed by atoms with E-state index in [2.05, 4.69) is 4.98 Å². The van der Waals surface area contributed by atoms with Gasteiger partial charge in [-0.05, 0) is 37.8 Å². The predicted molar refractivity (Wildman–Crippen MR) is 73.2 cm³/mol. The van der Waals surface area contributed by atoms with Gasteiger partial charge in [-0.15, -0.1) is 0 Å². The normalized spacial score (nSPS) is 30.6. The first kappa shape index (κ1) is 13.9. The van der Waals surface area contributed by atoms with Crippen molar-refractivity contribution in [2.45, 2.75) is 55.3 Å². The molecule has 0 saturated carbocycles. The van der Waals surface area contributed by atoms with Crippen LogP contribution in [0.5, 0.6) is 0 Å². The van der Waals surface area contributed by atoms with E-state index in [9.17, 15) is 13.5 Å². The SMILES string of the molecule is NCc1ncccc1S(=O)(=O)N1C2CCC1CC(O)C2. The minimum Gasteiger partial charge on any atom is -0.393 e. The topological polar surface area (TPSA) is 96.5 Å². The van der Waals surface area contributed by atoms with Gasteiger partial charge in [-0.1, -0.05) is 0 Å². The zero-order valence-corrected chi connectivity index (χ0v) is 12.0. The summed E-state index contributed by atoms with van der Waals surface area (Å²) >= 11 is 0. The molecule has 2 atom stereocenters. The highest BCUT2D eigenvalue weighted by Crippen LogP contribution is 2.40. The van der Waals surface area contributed by atoms with Crippen LogP contribution in [0.4, 0.5) is 0 Å². The van der Waals surface area contributed by atoms with E-state index < -0.39 is 10.0 Å². The molecule has 3 rings (SSSR count). The molecule has 2 unspecified atom stereocenters. The molecular formula is C13H19N3O3S. The number of sulfonamides is 1. The van der Waals surface area contributed by atoms with Crippen LogP contribution in [0, 0.1) is 0 Å². The van der Waals surface area contributed by atoms with Gasteiger partial charge < -0.3 is 10.8 Å². The van der Waals surface area contributed by atoms with Crippen LogP contribution in [0.3, 0.4) is 0 Å². The maximum Gasteiger partial charge on any atom is 0.245 e. The molecule has 2 saturated heterocycles. The smallest absolute Gasteiger partial charge is 0.245 e. The van der Waals surface area contributed by atoms with Gasteiger partial charge in [-0.25, -0.2) is 8.42 Å². The lowest BCUT2D eigenvalue weighted by Gasteiger charge is -2.36. The van der Waals surface area contributed by atoms with E-state index in [4.69, 9.17) is 5.73 Å². The molecule has 2 aliphatic rings. The van der Waals surface area contributed by atoms with Gasteiger partial charge in [-0.2, -0.15) is 4.31 Å². The van der Waals surface area contributed by atoms with Gasteiger partial charge in [0.1, 0.15) is 4.90 Å². The van der Waals surface area contributed by atoms with Crippen LogP contribution >= 0.6 is 0 Å². The van der Waals surface area contributed by atoms with E-state index in [1.807, 2.05) is 0 Å². The summed E-state index contributed by atoms with van der Waals surface area (Å²) in [7, 11) is -3.58. The van der Waals surface area contributed by atoms with E-state index in [1.54, 1.807) is 22.6 Å². The van der Waals surface area contributed by atoms with E-state index in [1.165, 1.54) is 0 Å². The molecule has 2 bridgehead atoms. The number of aliphatic hydroxyl groups is 1. The number of hydrogen-bond donors (Lipinski definition) is 2. The van der Waals surface area contributed by atoms with Crippen LogP contribution in [0.2, 0.25) is 0 Å². The number of aliphatic hydroxyl groups excluding tert-OH is 1. The molecule has 0 aliphatic carbocycles. The second-order valence-corrected chi connectivity index (χ2v) is 7.31. The summed E-state index contributed by atoms with van der Waals surface area (Å²) in [6.07, 6.45) is 3.84. The van der Waals surface area contributed by atoms with Crippen molar-refractivity contribution in [1.29, 1.82) is 0 Å². The minimum atomic E-state index is -3.58. The van der Waals surface area contributed by atoms with Gasteiger partial charge in [0.25, 0.3) is 0 Å². The number of piperidine rings is 1. The summed E-state index contributed by atoms with van der Waals surface area (Å²) in [5.41, 5.74) is 6.00. The van der Waals surface area contributed by atoms with E-state index in [0.717, 1.165) is 12.8 Å². The fourth-order valence-corrected chi connectivity index (χ4v) is 5.50. The molecule has 1 aromatic heterocycles. The van der Waals surface area contributed by atoms with E-state index >= 15 is 0 Å². The van der Waals surface area contributed by atoms with Crippen LogP contribution in [0.1, 0.15) is 31.4 Å². The van der Waals surface area contributed by atoms with E-state index in [-0.39, 0.29) is 29.6 Å². The molecule has 1 aromatic rings. The fourth-order valence-electron chi connectivity index (χ4n) is 3.42. The molecule has 7 heteroatoms. The Morgan fingerprint density at radius 1 is 1.35 bits per heavy atom. The summed E-state index contributed by atoms with van der Waals surface area (Å²) in [4.78, 5) is 4.27. The second kappa shape index (κ2) is 5.07. The van der Waals surface area contributed by atoms with Crippen LogP contribution in [-0.4, -0.2) is 41.0 Å². The highest BCUT2D eigenvalue weighted by atomic mass is 32.2. The third kappa shape index (κ3) is 2.14. The fraction of sp³-hybridized carbons (Fsp3) is 0.615. The van der Waals surface area contributed by atoms with Crippen LogP contribution in [-0.2, 0) is 16.6 Å². The summed E-state index contributed by atoms with van der Waals surface area (Å²) in [6, 6.07) is 2.99. The number of fused-ring (bicyclic) bond motifs is 2. The zero-order valence-electron chi connectivity index (χ0n) is 11.1. The number of nitrogens with two attached hydrogens (primary N) is 1. The molecule has 3 heterocycles. The first-order chi connectivity index (χ1) is 9.54. The van der Waals surface area contributed by atoms with Gasteiger partial charge in [-0.3, -0.25) is 4.98 Å². The first-order valence-electron chi connectivity index (χ1n) is 6.89. The summed E-state index contributed by atoms with van der Waals surface area (Å²) in [5.74, 6) is 0. The molecule has 3 N–H and O–H groups in total. The highest BCUT2D eigenvalue weighted by molar-refractivity contribution is 7.89. The maximum absolute atomic E-state index is 12.9. The third-order valence-electron chi connectivity index (χ3n) is 4.24. The summed E-state index contributed by atoms with van der Waals surface area (Å²) in [5, 5.41) is 9.79. The van der Waals surface area contributed by atoms with Gasteiger partial charge >= 0.3 is 0 Å². The zero-order chi connectivity index (χ0) is 14.3. The lowest BCUT2D eigenvalue weighted by atomic mass is 10.0. The number of aromatic nitrogens is 1. The number of nitrogens with zero attached hydrogens (tertiary/aromatic N) is 2. The Balaban J connectivity index is 2.01. The van der Waals surface area contributed by atoms with Gasteiger partial charge in [0.05, 0.1) is 11.8 Å². The van der Waals surface area contributed by atoms with Crippen molar-refractivity contribution in [2.75, 3.05) is 0 Å². The van der Waals surface area contributed by atoms with Gasteiger partial charge in [0.15, 0.2) is 0 Å². The molecular weight excluding hydrogens is 278 g/mol. The second-order valence-electron chi connectivity index (χ2n) is 5.50. The van der Waals surface area contributed by atoms with Crippen molar-refractivity contribution >= 4 is 10.0 Å². The Morgan fingerprint density at radius 3 is 2.60 bits per heavy atom. The average molecular weight is 297 g/mol. The lowest BCUT2D eigenvalue weighted by molar-refractivity contribution is 0.0768. The monoisotopic (exact) mass is 297 g/mol. The van der Waals surface area contributed by atoms with Crippen molar-refractivity contribution in [3.8, 4) is 0 Å². The van der Waals surface area contributed by atoms with Crippen molar-refractivity contribution in [3.63, 3.8) is 0 Å². The Hall–Kier alpha value is -1.02. The quantitative estimate of drug-likeness (QED) is 0.831. The Morgan fingerprint density at radius 2 is 2.00 bits per heavy atom. The number of rotatable bonds is 3. The third-order valence-corrected chi connectivity index (χ3v) is 6.32. The molecule has 0 spiro atoms. The molecule has 0 aromatic carbocycles. The van der Waals surface area contributed by atoms with Crippen molar-refractivity contribution < 1.29 is 13.5 Å².